The number of nitrogens with zero attached hydrogens (tertiary/aromatic N) is 2. The molecule has 0 aliphatic carbocycles. The number of hydrogen-bond donors (Lipinski definition) is 2. The fourth-order valence-electron chi connectivity index (χ4n) is 5.02. The molecule has 6 heteroatoms. The van der Waals surface area contributed by atoms with E-state index in [2.05, 4.69) is 42.3 Å². The molecule has 0 aromatic heterocycles. The van der Waals surface area contributed by atoms with Gasteiger partial charge in [0.2, 0.25) is 5.91 Å². The van der Waals surface area contributed by atoms with Gasteiger partial charge in [0, 0.05) is 24.2 Å². The number of phenols is 1. The van der Waals surface area contributed by atoms with Crippen molar-refractivity contribution in [3.05, 3.63) is 57.6 Å². The van der Waals surface area contributed by atoms with Gasteiger partial charge in [0.25, 0.3) is 5.91 Å². The maximum atomic E-state index is 13.9. The van der Waals surface area contributed by atoms with E-state index < -0.39 is 11.5 Å². The van der Waals surface area contributed by atoms with Gasteiger partial charge in [-0.15, -0.1) is 0 Å². The second-order valence-electron chi connectivity index (χ2n) is 11.1. The molecule has 0 fully saturated rings. The number of amides is 2. The minimum Gasteiger partial charge on any atom is -0.507 e. The molecule has 1 atom stereocenters. The lowest BCUT2D eigenvalue weighted by Crippen LogP contribution is -2.49. The number of fused-ring (bicyclic) bond motifs is 1. The Hall–Kier alpha value is -2.86. The van der Waals surface area contributed by atoms with Crippen molar-refractivity contribution in [2.75, 3.05) is 25.0 Å². The van der Waals surface area contributed by atoms with Crippen LogP contribution in [0.25, 0.3) is 0 Å². The third-order valence-electron chi connectivity index (χ3n) is 7.30. The first-order valence-corrected chi connectivity index (χ1v) is 13.1. The molecule has 2 N–H and O–H groups in total. The number of aromatic hydroxyl groups is 1. The third kappa shape index (κ3) is 5.75. The van der Waals surface area contributed by atoms with Crippen molar-refractivity contribution in [3.63, 3.8) is 0 Å². The van der Waals surface area contributed by atoms with E-state index in [4.69, 9.17) is 0 Å². The van der Waals surface area contributed by atoms with E-state index in [0.29, 0.717) is 17.8 Å². The van der Waals surface area contributed by atoms with Crippen LogP contribution in [0.4, 0.5) is 5.69 Å². The van der Waals surface area contributed by atoms with Gasteiger partial charge in [-0.1, -0.05) is 52.8 Å². The van der Waals surface area contributed by atoms with Crippen LogP contribution in [0.5, 0.6) is 5.75 Å². The molecule has 0 spiro atoms. The average molecular weight is 494 g/mol. The van der Waals surface area contributed by atoms with Crippen LogP contribution in [0.2, 0.25) is 0 Å². The SMILES string of the molecule is CCCN(CC)Cc1ccc2c(c1)C(C(=O)Nc1cc(C)c(O)c(C)c1C)N(C(=O)C(C)(C)C)CC2. The zero-order valence-electron chi connectivity index (χ0n) is 23.3. The Labute approximate surface area is 216 Å². The number of aryl methyl sites for hydroxylation is 1. The Balaban J connectivity index is 2.05. The van der Waals surface area contributed by atoms with Crippen molar-refractivity contribution >= 4 is 17.5 Å². The Morgan fingerprint density at radius 1 is 1.11 bits per heavy atom. The number of nitrogens with one attached hydrogen (secondary N) is 1. The Kier molecular flexibility index (Phi) is 8.50. The maximum absolute atomic E-state index is 13.9. The van der Waals surface area contributed by atoms with Crippen molar-refractivity contribution in [2.45, 2.75) is 80.8 Å². The summed E-state index contributed by atoms with van der Waals surface area (Å²) < 4.78 is 0. The molecule has 0 saturated carbocycles. The molecular weight excluding hydrogens is 450 g/mol. The van der Waals surface area contributed by atoms with Gasteiger partial charge in [0.1, 0.15) is 11.8 Å². The second kappa shape index (κ2) is 11.0. The predicted molar refractivity (Wildman–Crippen MR) is 146 cm³/mol. The Bertz CT molecular complexity index is 1130. The molecule has 196 valence electrons. The number of benzene rings is 2. The van der Waals surface area contributed by atoms with Crippen molar-refractivity contribution in [1.29, 1.82) is 0 Å². The van der Waals surface area contributed by atoms with Crippen LogP contribution in [0, 0.1) is 26.2 Å². The smallest absolute Gasteiger partial charge is 0.251 e. The molecule has 0 bridgehead atoms. The van der Waals surface area contributed by atoms with Gasteiger partial charge >= 0.3 is 0 Å². The van der Waals surface area contributed by atoms with Crippen molar-refractivity contribution in [2.24, 2.45) is 5.41 Å². The van der Waals surface area contributed by atoms with Crippen LogP contribution < -0.4 is 5.32 Å². The monoisotopic (exact) mass is 493 g/mol. The number of hydrogen-bond acceptors (Lipinski definition) is 4. The van der Waals surface area contributed by atoms with Gasteiger partial charge in [-0.3, -0.25) is 14.5 Å². The minimum atomic E-state index is -0.713. The molecule has 2 aromatic rings. The van der Waals surface area contributed by atoms with E-state index >= 15 is 0 Å². The van der Waals surface area contributed by atoms with E-state index in [-0.39, 0.29) is 17.6 Å². The second-order valence-corrected chi connectivity index (χ2v) is 11.1. The molecule has 1 aliphatic rings. The topological polar surface area (TPSA) is 72.9 Å². The zero-order valence-corrected chi connectivity index (χ0v) is 23.3. The molecule has 1 heterocycles. The molecule has 2 amide bonds. The van der Waals surface area contributed by atoms with Gasteiger partial charge in [-0.25, -0.2) is 0 Å². The lowest BCUT2D eigenvalue weighted by atomic mass is 9.86. The first kappa shape index (κ1) is 27.7. The summed E-state index contributed by atoms with van der Waals surface area (Å²) in [5.74, 6) is -0.0101. The molecule has 36 heavy (non-hydrogen) atoms. The first-order valence-electron chi connectivity index (χ1n) is 13.1. The van der Waals surface area contributed by atoms with Crippen LogP contribution in [-0.2, 0) is 22.6 Å². The number of anilines is 1. The van der Waals surface area contributed by atoms with Gasteiger partial charge in [0.15, 0.2) is 0 Å². The van der Waals surface area contributed by atoms with E-state index in [1.165, 1.54) is 0 Å². The highest BCUT2D eigenvalue weighted by atomic mass is 16.3. The van der Waals surface area contributed by atoms with E-state index in [1.54, 1.807) is 11.0 Å². The molecule has 3 rings (SSSR count). The van der Waals surface area contributed by atoms with Gasteiger partial charge in [-0.05, 0) is 86.1 Å². The lowest BCUT2D eigenvalue weighted by molar-refractivity contribution is -0.146. The summed E-state index contributed by atoms with van der Waals surface area (Å²) >= 11 is 0. The fourth-order valence-corrected chi connectivity index (χ4v) is 5.02. The van der Waals surface area contributed by atoms with Crippen molar-refractivity contribution in [1.82, 2.24) is 9.80 Å². The van der Waals surface area contributed by atoms with E-state index in [0.717, 1.165) is 60.3 Å². The molecule has 1 unspecified atom stereocenters. The quantitative estimate of drug-likeness (QED) is 0.488. The summed E-state index contributed by atoms with van der Waals surface area (Å²) in [6.07, 6.45) is 1.81. The highest BCUT2D eigenvalue weighted by Crippen LogP contribution is 2.36. The number of rotatable bonds is 7. The molecule has 0 radical (unpaired) electrons. The summed E-state index contributed by atoms with van der Waals surface area (Å²) in [7, 11) is 0. The fraction of sp³-hybridized carbons (Fsp3) is 0.533. The van der Waals surface area contributed by atoms with Crippen LogP contribution in [0.1, 0.15) is 80.5 Å². The maximum Gasteiger partial charge on any atom is 0.251 e. The summed E-state index contributed by atoms with van der Waals surface area (Å²) in [6, 6.07) is 7.50. The average Bonchev–Trinajstić information content (AvgIpc) is 2.83. The lowest BCUT2D eigenvalue weighted by Gasteiger charge is -2.40. The van der Waals surface area contributed by atoms with Gasteiger partial charge < -0.3 is 15.3 Å². The standard InChI is InChI=1S/C30H43N3O3/c1-9-14-32(10-2)18-22-11-12-23-13-15-33(29(36)30(6,7)8)26(24(23)17-22)28(35)31-25-16-19(3)27(34)21(5)20(25)4/h11-12,16-17,26,34H,9-10,13-15,18H2,1-8H3,(H,31,35). The molecule has 1 aliphatic heterocycles. The normalized spacial score (nSPS) is 15.7. The van der Waals surface area contributed by atoms with Crippen LogP contribution >= 0.6 is 0 Å². The van der Waals surface area contributed by atoms with Crippen LogP contribution in [-0.4, -0.2) is 46.4 Å². The summed E-state index contributed by atoms with van der Waals surface area (Å²) in [6.45, 7) is 18.9. The Morgan fingerprint density at radius 2 is 1.81 bits per heavy atom. The van der Waals surface area contributed by atoms with E-state index in [1.807, 2.05) is 41.5 Å². The summed E-state index contributed by atoms with van der Waals surface area (Å²) in [4.78, 5) is 31.6. The molecule has 6 nitrogen and oxygen atoms in total. The van der Waals surface area contributed by atoms with Crippen LogP contribution in [0.3, 0.4) is 0 Å². The zero-order chi connectivity index (χ0) is 26.8. The summed E-state index contributed by atoms with van der Waals surface area (Å²) in [5, 5.41) is 13.4. The minimum absolute atomic E-state index is 0.0327. The van der Waals surface area contributed by atoms with Crippen molar-refractivity contribution < 1.29 is 14.7 Å². The number of phenolic OH excluding ortho intramolecular Hbond substituents is 1. The molecule has 2 aromatic carbocycles. The van der Waals surface area contributed by atoms with Crippen LogP contribution in [0.15, 0.2) is 24.3 Å². The van der Waals surface area contributed by atoms with E-state index in [9.17, 15) is 14.7 Å². The summed E-state index contributed by atoms with van der Waals surface area (Å²) in [5.41, 5.74) is 5.51. The molecular formula is C30H43N3O3. The Morgan fingerprint density at radius 3 is 2.42 bits per heavy atom. The molecule has 0 saturated heterocycles. The number of carbonyl (C=O) groups is 2. The first-order chi connectivity index (χ1) is 16.9. The highest BCUT2D eigenvalue weighted by Gasteiger charge is 2.40. The highest BCUT2D eigenvalue weighted by molar-refractivity contribution is 5.99. The van der Waals surface area contributed by atoms with Gasteiger partial charge in [0.05, 0.1) is 0 Å². The third-order valence-corrected chi connectivity index (χ3v) is 7.30. The number of carbonyl (C=O) groups excluding carboxylic acids is 2. The predicted octanol–water partition coefficient (Wildman–Crippen LogP) is 5.66. The van der Waals surface area contributed by atoms with Crippen molar-refractivity contribution in [3.8, 4) is 5.75 Å². The largest absolute Gasteiger partial charge is 0.507 e. The van der Waals surface area contributed by atoms with Gasteiger partial charge in [-0.2, -0.15) is 0 Å².